The number of fused-ring (bicyclic) bond motifs is 1. The minimum absolute atomic E-state index is 0.0922. The second kappa shape index (κ2) is 6.98. The number of cyclic esters (lactones) is 1. The molecule has 3 heterocycles. The molecule has 3 atom stereocenters. The molecule has 3 aliphatic rings. The fraction of sp³-hybridized carbons (Fsp3) is 0.500. The number of methoxy groups -OCH3 is 1. The fourth-order valence-electron chi connectivity index (χ4n) is 3.86. The first-order chi connectivity index (χ1) is 13.8. The number of nitrogens with zero attached hydrogens (tertiary/aromatic N) is 2. The lowest BCUT2D eigenvalue weighted by molar-refractivity contribution is 0.0761. The van der Waals surface area contributed by atoms with Crippen LogP contribution in [0.3, 0.4) is 0 Å². The average molecular weight is 408 g/mol. The van der Waals surface area contributed by atoms with Crippen LogP contribution in [0.1, 0.15) is 6.92 Å². The molecule has 0 aromatic heterocycles. The Kier molecular flexibility index (Phi) is 4.59. The van der Waals surface area contributed by atoms with Gasteiger partial charge < -0.3 is 29.7 Å². The third-order valence-electron chi connectivity index (χ3n) is 5.38. The first-order valence-corrected chi connectivity index (χ1v) is 9.13. The van der Waals surface area contributed by atoms with Crippen molar-refractivity contribution in [1.29, 1.82) is 0 Å². The summed E-state index contributed by atoms with van der Waals surface area (Å²) in [6.07, 6.45) is -2.27. The van der Waals surface area contributed by atoms with Crippen LogP contribution in [0.5, 0.6) is 0 Å². The number of anilines is 2. The first-order valence-electron chi connectivity index (χ1n) is 9.13. The first kappa shape index (κ1) is 19.1. The van der Waals surface area contributed by atoms with Crippen LogP contribution < -0.4 is 20.4 Å². The van der Waals surface area contributed by atoms with Gasteiger partial charge in [-0.3, -0.25) is 4.90 Å². The summed E-state index contributed by atoms with van der Waals surface area (Å²) in [5, 5.41) is 5.20. The van der Waals surface area contributed by atoms with Gasteiger partial charge in [-0.1, -0.05) is 0 Å². The van der Waals surface area contributed by atoms with E-state index in [-0.39, 0.29) is 19.1 Å². The Morgan fingerprint density at radius 2 is 2.21 bits per heavy atom. The Morgan fingerprint density at radius 1 is 1.41 bits per heavy atom. The zero-order chi connectivity index (χ0) is 20.8. The standard InChI is InChI=1S/C18H21FN4O6/c1-18-9-22(8-14(18)21-16(25)29-18)13-4-3-10(5-12(13)19)23-7-11(28-17(23)26)6-20-15(24)27-2/h3-5,11,14H,6-9H2,1-2H3,(H,20,24)(H,21,25)/t11-,14+,18-/m0/s1. The van der Waals surface area contributed by atoms with E-state index in [0.717, 1.165) is 0 Å². The van der Waals surface area contributed by atoms with Gasteiger partial charge in [0.2, 0.25) is 0 Å². The number of halogens is 1. The van der Waals surface area contributed by atoms with E-state index < -0.39 is 35.8 Å². The van der Waals surface area contributed by atoms with Crippen LogP contribution in [-0.4, -0.2) is 69.3 Å². The molecule has 0 aliphatic carbocycles. The molecule has 0 saturated carbocycles. The molecule has 3 aliphatic heterocycles. The topological polar surface area (TPSA) is 109 Å². The van der Waals surface area contributed by atoms with E-state index in [0.29, 0.717) is 24.5 Å². The van der Waals surface area contributed by atoms with Crippen LogP contribution in [0, 0.1) is 5.82 Å². The van der Waals surface area contributed by atoms with Crippen molar-refractivity contribution in [3.8, 4) is 0 Å². The predicted molar refractivity (Wildman–Crippen MR) is 98.4 cm³/mol. The van der Waals surface area contributed by atoms with Gasteiger partial charge in [0.05, 0.1) is 44.2 Å². The largest absolute Gasteiger partial charge is 0.453 e. The quantitative estimate of drug-likeness (QED) is 0.721. The van der Waals surface area contributed by atoms with E-state index in [9.17, 15) is 18.8 Å². The number of rotatable bonds is 4. The lowest BCUT2D eigenvalue weighted by Crippen LogP contribution is -2.39. The highest BCUT2D eigenvalue weighted by molar-refractivity contribution is 5.90. The maximum absolute atomic E-state index is 14.8. The van der Waals surface area contributed by atoms with Crippen LogP contribution in [0.4, 0.5) is 30.1 Å². The molecule has 0 radical (unpaired) electrons. The highest BCUT2D eigenvalue weighted by atomic mass is 19.1. The summed E-state index contributed by atoms with van der Waals surface area (Å²) in [5.74, 6) is -0.499. The van der Waals surface area contributed by atoms with Crippen molar-refractivity contribution in [1.82, 2.24) is 10.6 Å². The van der Waals surface area contributed by atoms with E-state index in [1.54, 1.807) is 17.0 Å². The van der Waals surface area contributed by atoms with Crippen LogP contribution >= 0.6 is 0 Å². The van der Waals surface area contributed by atoms with Gasteiger partial charge >= 0.3 is 18.3 Å². The van der Waals surface area contributed by atoms with Crippen molar-refractivity contribution >= 4 is 29.7 Å². The van der Waals surface area contributed by atoms with Gasteiger partial charge in [-0.2, -0.15) is 0 Å². The summed E-state index contributed by atoms with van der Waals surface area (Å²) in [5.41, 5.74) is 0.00606. The molecule has 1 aromatic carbocycles. The summed E-state index contributed by atoms with van der Waals surface area (Å²) in [4.78, 5) is 37.8. The lowest BCUT2D eigenvalue weighted by Gasteiger charge is -2.23. The van der Waals surface area contributed by atoms with Gasteiger partial charge in [0.25, 0.3) is 0 Å². The molecule has 4 rings (SSSR count). The summed E-state index contributed by atoms with van der Waals surface area (Å²) in [6, 6.07) is 4.27. The van der Waals surface area contributed by atoms with E-state index >= 15 is 0 Å². The number of carbonyl (C=O) groups is 3. The number of alkyl carbamates (subject to hydrolysis) is 2. The number of nitrogens with one attached hydrogen (secondary N) is 2. The molecule has 10 nitrogen and oxygen atoms in total. The van der Waals surface area contributed by atoms with Gasteiger partial charge in [-0.05, 0) is 25.1 Å². The highest BCUT2D eigenvalue weighted by Gasteiger charge is 2.52. The molecule has 0 bridgehead atoms. The van der Waals surface area contributed by atoms with Crippen LogP contribution in [0.15, 0.2) is 18.2 Å². The normalized spacial score (nSPS) is 28.0. The monoisotopic (exact) mass is 408 g/mol. The summed E-state index contributed by atoms with van der Waals surface area (Å²) in [7, 11) is 1.24. The Morgan fingerprint density at radius 3 is 2.90 bits per heavy atom. The summed E-state index contributed by atoms with van der Waals surface area (Å²) >= 11 is 0. The molecule has 29 heavy (non-hydrogen) atoms. The van der Waals surface area contributed by atoms with Crippen molar-refractivity contribution in [2.75, 3.05) is 43.1 Å². The molecule has 11 heteroatoms. The van der Waals surface area contributed by atoms with Gasteiger partial charge in [0.1, 0.15) is 11.9 Å². The van der Waals surface area contributed by atoms with Crippen molar-refractivity contribution in [3.63, 3.8) is 0 Å². The van der Waals surface area contributed by atoms with Crippen molar-refractivity contribution in [2.24, 2.45) is 0 Å². The molecular formula is C18H21FN4O6. The van der Waals surface area contributed by atoms with Crippen molar-refractivity contribution in [3.05, 3.63) is 24.0 Å². The van der Waals surface area contributed by atoms with Crippen LogP contribution in [-0.2, 0) is 14.2 Å². The molecular weight excluding hydrogens is 387 g/mol. The number of carbonyl (C=O) groups excluding carboxylic acids is 3. The number of hydrogen-bond acceptors (Lipinski definition) is 7. The lowest BCUT2D eigenvalue weighted by atomic mass is 10.0. The Labute approximate surface area is 165 Å². The van der Waals surface area contributed by atoms with Gasteiger partial charge in [0, 0.05) is 6.54 Å². The molecule has 3 amide bonds. The Balaban J connectivity index is 1.44. The van der Waals surface area contributed by atoms with Crippen molar-refractivity contribution in [2.45, 2.75) is 24.7 Å². The molecule has 0 spiro atoms. The van der Waals surface area contributed by atoms with E-state index in [2.05, 4.69) is 15.4 Å². The van der Waals surface area contributed by atoms with E-state index in [1.165, 1.54) is 18.1 Å². The predicted octanol–water partition coefficient (Wildman–Crippen LogP) is 1.19. The number of benzene rings is 1. The van der Waals surface area contributed by atoms with Crippen LogP contribution in [0.25, 0.3) is 0 Å². The molecule has 156 valence electrons. The molecule has 2 N–H and O–H groups in total. The van der Waals surface area contributed by atoms with Gasteiger partial charge in [0.15, 0.2) is 5.60 Å². The zero-order valence-corrected chi connectivity index (χ0v) is 15.9. The minimum atomic E-state index is -0.708. The minimum Gasteiger partial charge on any atom is -0.453 e. The maximum Gasteiger partial charge on any atom is 0.414 e. The highest BCUT2D eigenvalue weighted by Crippen LogP contribution is 2.35. The smallest absolute Gasteiger partial charge is 0.414 e. The zero-order valence-electron chi connectivity index (χ0n) is 15.9. The maximum atomic E-state index is 14.8. The Hall–Kier alpha value is -3.24. The van der Waals surface area contributed by atoms with Gasteiger partial charge in [-0.25, -0.2) is 18.8 Å². The number of amides is 3. The summed E-state index contributed by atoms with van der Waals surface area (Å²) in [6.45, 7) is 2.86. The molecule has 3 saturated heterocycles. The van der Waals surface area contributed by atoms with Crippen molar-refractivity contribution < 1.29 is 33.0 Å². The molecule has 0 unspecified atom stereocenters. The summed E-state index contributed by atoms with van der Waals surface area (Å²) < 4.78 is 29.8. The number of hydrogen-bond donors (Lipinski definition) is 2. The Bertz CT molecular complexity index is 867. The SMILES string of the molecule is COC(=O)NC[C@H]1CN(c2ccc(N3C[C@H]4NC(=O)O[C@@]4(C)C3)c(F)c2)C(=O)O1. The average Bonchev–Trinajstić information content (AvgIpc) is 3.27. The fourth-order valence-corrected chi connectivity index (χ4v) is 3.86. The van der Waals surface area contributed by atoms with E-state index in [4.69, 9.17) is 9.47 Å². The third kappa shape index (κ3) is 3.47. The van der Waals surface area contributed by atoms with Crippen LogP contribution in [0.2, 0.25) is 0 Å². The second-order valence-electron chi connectivity index (χ2n) is 7.40. The number of ether oxygens (including phenoxy) is 3. The van der Waals surface area contributed by atoms with Gasteiger partial charge in [-0.15, -0.1) is 0 Å². The second-order valence-corrected chi connectivity index (χ2v) is 7.40. The van der Waals surface area contributed by atoms with E-state index in [1.807, 2.05) is 6.92 Å². The molecule has 1 aromatic rings. The third-order valence-corrected chi connectivity index (χ3v) is 5.38. The molecule has 3 fully saturated rings.